The summed E-state index contributed by atoms with van der Waals surface area (Å²) in [5, 5.41) is 3.95. The first-order valence-electron chi connectivity index (χ1n) is 9.45. The highest BCUT2D eigenvalue weighted by Crippen LogP contribution is 2.33. The van der Waals surface area contributed by atoms with Crippen molar-refractivity contribution >= 4 is 29.4 Å². The molecule has 3 rings (SSSR count). The Kier molecular flexibility index (Phi) is 6.29. The summed E-state index contributed by atoms with van der Waals surface area (Å²) in [5.41, 5.74) is 5.86. The highest BCUT2D eigenvalue weighted by atomic mass is 16.6. The summed E-state index contributed by atoms with van der Waals surface area (Å²) in [6, 6.07) is 28.4. The smallest absolute Gasteiger partial charge is 0.428 e. The van der Waals surface area contributed by atoms with Crippen LogP contribution in [0.15, 0.2) is 90.0 Å². The number of carbonyl (C=O) groups excluding carboxylic acids is 1. The molecule has 0 unspecified atom stereocenters. The molecular formula is C24H25N3O2. The van der Waals surface area contributed by atoms with Crippen molar-refractivity contribution in [3.8, 4) is 0 Å². The lowest BCUT2D eigenvalue weighted by Crippen LogP contribution is -2.29. The number of benzene rings is 3. The van der Waals surface area contributed by atoms with Gasteiger partial charge in [-0.15, -0.1) is 0 Å². The zero-order valence-electron chi connectivity index (χ0n) is 16.9. The topological polar surface area (TPSA) is 53.9 Å². The fourth-order valence-corrected chi connectivity index (χ4v) is 2.77. The van der Waals surface area contributed by atoms with Gasteiger partial charge in [-0.25, -0.2) is 10.2 Å². The molecule has 3 aromatic carbocycles. The average molecular weight is 387 g/mol. The van der Waals surface area contributed by atoms with Crippen molar-refractivity contribution in [3.63, 3.8) is 0 Å². The molecule has 0 heterocycles. The largest absolute Gasteiger partial charge is 0.443 e. The maximum absolute atomic E-state index is 11.7. The maximum Gasteiger partial charge on any atom is 0.428 e. The molecule has 148 valence electrons. The van der Waals surface area contributed by atoms with E-state index in [0.29, 0.717) is 0 Å². The van der Waals surface area contributed by atoms with Gasteiger partial charge in [0.1, 0.15) is 5.60 Å². The molecule has 0 aliphatic carbocycles. The summed E-state index contributed by atoms with van der Waals surface area (Å²) in [6.45, 7) is 5.42. The Morgan fingerprint density at radius 1 is 0.828 bits per heavy atom. The Bertz CT molecular complexity index is 907. The minimum atomic E-state index is -0.579. The first-order chi connectivity index (χ1) is 13.9. The molecule has 5 heteroatoms. The molecule has 3 aromatic rings. The molecule has 0 saturated carbocycles. The number of amides is 1. The van der Waals surface area contributed by atoms with Crippen molar-refractivity contribution in [1.29, 1.82) is 0 Å². The number of ether oxygens (including phenoxy) is 1. The van der Waals surface area contributed by atoms with Crippen LogP contribution in [0.3, 0.4) is 0 Å². The summed E-state index contributed by atoms with van der Waals surface area (Å²) >= 11 is 0. The van der Waals surface area contributed by atoms with Crippen LogP contribution in [0.4, 0.5) is 21.9 Å². The molecular weight excluding hydrogens is 362 g/mol. The van der Waals surface area contributed by atoms with E-state index in [2.05, 4.69) is 39.7 Å². The predicted octanol–water partition coefficient (Wildman–Crippen LogP) is 6.02. The van der Waals surface area contributed by atoms with Crippen LogP contribution in [0, 0.1) is 0 Å². The molecule has 0 radical (unpaired) electrons. The van der Waals surface area contributed by atoms with E-state index in [-0.39, 0.29) is 0 Å². The molecule has 0 aliphatic rings. The molecule has 0 spiro atoms. The van der Waals surface area contributed by atoms with Crippen LogP contribution in [0.2, 0.25) is 0 Å². The van der Waals surface area contributed by atoms with Crippen LogP contribution < -0.4 is 10.3 Å². The van der Waals surface area contributed by atoms with Crippen LogP contribution in [0.25, 0.3) is 0 Å². The van der Waals surface area contributed by atoms with Gasteiger partial charge in [0.25, 0.3) is 0 Å². The molecule has 0 aromatic heterocycles. The van der Waals surface area contributed by atoms with Crippen LogP contribution in [0.1, 0.15) is 26.3 Å². The zero-order valence-corrected chi connectivity index (χ0v) is 16.9. The Balaban J connectivity index is 1.76. The minimum Gasteiger partial charge on any atom is -0.443 e. The van der Waals surface area contributed by atoms with Crippen molar-refractivity contribution in [2.24, 2.45) is 5.10 Å². The normalized spacial score (nSPS) is 11.3. The fourth-order valence-electron chi connectivity index (χ4n) is 2.77. The Hall–Kier alpha value is -3.60. The lowest BCUT2D eigenvalue weighted by molar-refractivity contribution is 0.0529. The molecule has 5 nitrogen and oxygen atoms in total. The summed E-state index contributed by atoms with van der Waals surface area (Å²) in [6.07, 6.45) is 1.01. The van der Waals surface area contributed by atoms with Crippen molar-refractivity contribution < 1.29 is 9.53 Å². The average Bonchev–Trinajstić information content (AvgIpc) is 2.70. The SMILES string of the molecule is CC(C)(C)OC(=O)NN=Cc1ccc(N(c2ccccc2)c2ccccc2)cc1. The van der Waals surface area contributed by atoms with E-state index in [4.69, 9.17) is 4.74 Å². The molecule has 29 heavy (non-hydrogen) atoms. The quantitative estimate of drug-likeness (QED) is 0.430. The molecule has 0 atom stereocenters. The fraction of sp³-hybridized carbons (Fsp3) is 0.167. The van der Waals surface area contributed by atoms with E-state index >= 15 is 0 Å². The van der Waals surface area contributed by atoms with E-state index in [0.717, 1.165) is 22.6 Å². The van der Waals surface area contributed by atoms with Crippen molar-refractivity contribution in [2.75, 3.05) is 4.90 Å². The van der Waals surface area contributed by atoms with Gasteiger partial charge < -0.3 is 9.64 Å². The number of nitrogens with zero attached hydrogens (tertiary/aromatic N) is 2. The zero-order chi connectivity index (χ0) is 20.7. The third kappa shape index (κ3) is 5.94. The van der Waals surface area contributed by atoms with Crippen LogP contribution in [-0.2, 0) is 4.74 Å². The summed E-state index contributed by atoms with van der Waals surface area (Å²) in [5.74, 6) is 0. The van der Waals surface area contributed by atoms with Gasteiger partial charge in [0.05, 0.1) is 6.21 Å². The van der Waals surface area contributed by atoms with Gasteiger partial charge in [0.15, 0.2) is 0 Å². The summed E-state index contributed by atoms with van der Waals surface area (Å²) < 4.78 is 5.15. The van der Waals surface area contributed by atoms with Crippen LogP contribution in [-0.4, -0.2) is 17.9 Å². The van der Waals surface area contributed by atoms with Gasteiger partial charge in [-0.2, -0.15) is 5.10 Å². The van der Waals surface area contributed by atoms with Gasteiger partial charge in [-0.3, -0.25) is 0 Å². The number of rotatable bonds is 5. The first kappa shape index (κ1) is 20.1. The highest BCUT2D eigenvalue weighted by Gasteiger charge is 2.15. The second kappa shape index (κ2) is 9.06. The van der Waals surface area contributed by atoms with Gasteiger partial charge in [0, 0.05) is 17.1 Å². The summed E-state index contributed by atoms with van der Waals surface area (Å²) in [7, 11) is 0. The van der Waals surface area contributed by atoms with Crippen molar-refractivity contribution in [3.05, 3.63) is 90.5 Å². The van der Waals surface area contributed by atoms with Gasteiger partial charge in [0.2, 0.25) is 0 Å². The highest BCUT2D eigenvalue weighted by molar-refractivity contribution is 5.83. The van der Waals surface area contributed by atoms with E-state index < -0.39 is 11.7 Å². The summed E-state index contributed by atoms with van der Waals surface area (Å²) in [4.78, 5) is 13.8. The monoisotopic (exact) mass is 387 g/mol. The molecule has 0 fully saturated rings. The molecule has 0 bridgehead atoms. The van der Waals surface area contributed by atoms with E-state index in [1.807, 2.05) is 60.7 Å². The molecule has 0 saturated heterocycles. The van der Waals surface area contributed by atoms with Gasteiger partial charge in [-0.1, -0.05) is 48.5 Å². The number of hydrazone groups is 1. The number of para-hydroxylation sites is 2. The third-order valence-electron chi connectivity index (χ3n) is 3.95. The van der Waals surface area contributed by atoms with Crippen LogP contribution in [0.5, 0.6) is 0 Å². The first-order valence-corrected chi connectivity index (χ1v) is 9.45. The van der Waals surface area contributed by atoms with Crippen molar-refractivity contribution in [1.82, 2.24) is 5.43 Å². The lowest BCUT2D eigenvalue weighted by atomic mass is 10.1. The minimum absolute atomic E-state index is 0.556. The van der Waals surface area contributed by atoms with Crippen LogP contribution >= 0.6 is 0 Å². The standard InChI is InChI=1S/C24H25N3O2/c1-24(2,3)29-23(28)26-25-18-19-14-16-22(17-15-19)27(20-10-6-4-7-11-20)21-12-8-5-9-13-21/h4-18H,1-3H3,(H,26,28). The van der Waals surface area contributed by atoms with Crippen molar-refractivity contribution in [2.45, 2.75) is 26.4 Å². The van der Waals surface area contributed by atoms with Gasteiger partial charge >= 0.3 is 6.09 Å². The van der Waals surface area contributed by atoms with E-state index in [9.17, 15) is 4.79 Å². The molecule has 1 amide bonds. The number of anilines is 3. The molecule has 1 N–H and O–H groups in total. The number of carbonyl (C=O) groups is 1. The predicted molar refractivity (Wildman–Crippen MR) is 118 cm³/mol. The van der Waals surface area contributed by atoms with Gasteiger partial charge in [-0.05, 0) is 62.7 Å². The molecule has 0 aliphatic heterocycles. The third-order valence-corrected chi connectivity index (χ3v) is 3.95. The Morgan fingerprint density at radius 3 is 1.79 bits per heavy atom. The number of nitrogens with one attached hydrogen (secondary N) is 1. The maximum atomic E-state index is 11.7. The Morgan fingerprint density at radius 2 is 1.31 bits per heavy atom. The number of hydrogen-bond donors (Lipinski definition) is 1. The van der Waals surface area contributed by atoms with E-state index in [1.165, 1.54) is 0 Å². The van der Waals surface area contributed by atoms with E-state index in [1.54, 1.807) is 27.0 Å². The lowest BCUT2D eigenvalue weighted by Gasteiger charge is -2.25. The second-order valence-corrected chi connectivity index (χ2v) is 7.47. The number of hydrogen-bond acceptors (Lipinski definition) is 4. The second-order valence-electron chi connectivity index (χ2n) is 7.47. The Labute approximate surface area is 171 Å².